The second kappa shape index (κ2) is 4.95. The molecule has 0 saturated carbocycles. The van der Waals surface area contributed by atoms with Gasteiger partial charge in [-0.05, 0) is 32.0 Å². The lowest BCUT2D eigenvalue weighted by atomic mass is 10.1. The fourth-order valence-corrected chi connectivity index (χ4v) is 1.97. The zero-order valence-electron chi connectivity index (χ0n) is 10.2. The van der Waals surface area contributed by atoms with Crippen LogP contribution in [0.5, 0.6) is 0 Å². The van der Waals surface area contributed by atoms with Gasteiger partial charge in [-0.25, -0.2) is 4.98 Å². The van der Waals surface area contributed by atoms with Crippen LogP contribution in [0.2, 0.25) is 0 Å². The molecular formula is C14H16N2O. The molecule has 2 rings (SSSR count). The van der Waals surface area contributed by atoms with Crippen LogP contribution in [0.1, 0.15) is 24.3 Å². The molecule has 0 fully saturated rings. The van der Waals surface area contributed by atoms with Crippen LogP contribution in [-0.2, 0) is 0 Å². The molecule has 0 aliphatic carbocycles. The Morgan fingerprint density at radius 2 is 1.88 bits per heavy atom. The summed E-state index contributed by atoms with van der Waals surface area (Å²) in [6.45, 7) is 6.19. The molecule has 3 nitrogen and oxygen atoms in total. The van der Waals surface area contributed by atoms with E-state index in [4.69, 9.17) is 0 Å². The first-order valence-electron chi connectivity index (χ1n) is 5.89. The van der Waals surface area contributed by atoms with Gasteiger partial charge in [0.15, 0.2) is 6.29 Å². The van der Waals surface area contributed by atoms with E-state index in [9.17, 15) is 4.79 Å². The standard InChI is InChI=1S/C14H16N2O/c1-3-16(4-2)13-8-6-11-5-7-12(10-17)15-14(11)9-13/h5-10H,3-4H2,1-2H3. The molecule has 0 aliphatic rings. The molecule has 1 aromatic heterocycles. The minimum absolute atomic E-state index is 0.481. The topological polar surface area (TPSA) is 33.2 Å². The number of anilines is 1. The maximum absolute atomic E-state index is 10.7. The summed E-state index contributed by atoms with van der Waals surface area (Å²) in [5, 5.41) is 1.06. The number of aldehydes is 1. The van der Waals surface area contributed by atoms with Crippen LogP contribution in [0, 0.1) is 0 Å². The fraction of sp³-hybridized carbons (Fsp3) is 0.286. The summed E-state index contributed by atoms with van der Waals surface area (Å²) in [7, 11) is 0. The van der Waals surface area contributed by atoms with Crippen molar-refractivity contribution in [2.75, 3.05) is 18.0 Å². The van der Waals surface area contributed by atoms with E-state index in [-0.39, 0.29) is 0 Å². The summed E-state index contributed by atoms with van der Waals surface area (Å²) in [6.07, 6.45) is 0.781. The highest BCUT2D eigenvalue weighted by molar-refractivity contribution is 5.85. The molecule has 17 heavy (non-hydrogen) atoms. The maximum Gasteiger partial charge on any atom is 0.168 e. The number of pyridine rings is 1. The predicted octanol–water partition coefficient (Wildman–Crippen LogP) is 2.89. The van der Waals surface area contributed by atoms with Gasteiger partial charge in [0.05, 0.1) is 5.52 Å². The van der Waals surface area contributed by atoms with Gasteiger partial charge >= 0.3 is 0 Å². The third-order valence-electron chi connectivity index (χ3n) is 2.95. The number of aromatic nitrogens is 1. The molecule has 0 unspecified atom stereocenters. The van der Waals surface area contributed by atoms with Crippen molar-refractivity contribution in [3.05, 3.63) is 36.0 Å². The van der Waals surface area contributed by atoms with Gasteiger partial charge in [-0.3, -0.25) is 4.79 Å². The van der Waals surface area contributed by atoms with Gasteiger partial charge in [0.1, 0.15) is 5.69 Å². The lowest BCUT2D eigenvalue weighted by Crippen LogP contribution is -2.21. The summed E-state index contributed by atoms with van der Waals surface area (Å²) in [5.74, 6) is 0. The Kier molecular flexibility index (Phi) is 3.38. The monoisotopic (exact) mass is 228 g/mol. The minimum Gasteiger partial charge on any atom is -0.372 e. The first-order valence-corrected chi connectivity index (χ1v) is 5.89. The Hall–Kier alpha value is -1.90. The van der Waals surface area contributed by atoms with Crippen molar-refractivity contribution in [2.24, 2.45) is 0 Å². The van der Waals surface area contributed by atoms with E-state index >= 15 is 0 Å². The summed E-state index contributed by atoms with van der Waals surface area (Å²) in [6, 6.07) is 9.85. The molecule has 0 bridgehead atoms. The van der Waals surface area contributed by atoms with Gasteiger partial charge < -0.3 is 4.90 Å². The van der Waals surface area contributed by atoms with E-state index in [0.29, 0.717) is 5.69 Å². The first-order chi connectivity index (χ1) is 8.28. The van der Waals surface area contributed by atoms with Crippen molar-refractivity contribution < 1.29 is 4.79 Å². The van der Waals surface area contributed by atoms with E-state index in [2.05, 4.69) is 29.8 Å². The average molecular weight is 228 g/mol. The van der Waals surface area contributed by atoms with Gasteiger partial charge in [0.25, 0.3) is 0 Å². The molecule has 0 spiro atoms. The van der Waals surface area contributed by atoms with E-state index < -0.39 is 0 Å². The molecule has 0 radical (unpaired) electrons. The zero-order valence-corrected chi connectivity index (χ0v) is 10.2. The molecule has 88 valence electrons. The van der Waals surface area contributed by atoms with Crippen LogP contribution >= 0.6 is 0 Å². The number of rotatable bonds is 4. The van der Waals surface area contributed by atoms with Gasteiger partial charge in [-0.1, -0.05) is 12.1 Å². The van der Waals surface area contributed by atoms with Crippen molar-refractivity contribution in [2.45, 2.75) is 13.8 Å². The number of hydrogen-bond donors (Lipinski definition) is 0. The van der Waals surface area contributed by atoms with Gasteiger partial charge in [-0.15, -0.1) is 0 Å². The molecule has 1 aromatic carbocycles. The van der Waals surface area contributed by atoms with Crippen molar-refractivity contribution >= 4 is 22.9 Å². The zero-order chi connectivity index (χ0) is 12.3. The first kappa shape index (κ1) is 11.6. The lowest BCUT2D eigenvalue weighted by molar-refractivity contribution is 0.111. The quantitative estimate of drug-likeness (QED) is 0.754. The van der Waals surface area contributed by atoms with E-state index in [1.165, 1.54) is 0 Å². The fourth-order valence-electron chi connectivity index (χ4n) is 1.97. The summed E-state index contributed by atoms with van der Waals surface area (Å²) < 4.78 is 0. The van der Waals surface area contributed by atoms with E-state index in [1.54, 1.807) is 6.07 Å². The highest BCUT2D eigenvalue weighted by atomic mass is 16.1. The third kappa shape index (κ3) is 2.28. The molecule has 3 heteroatoms. The van der Waals surface area contributed by atoms with Gasteiger partial charge in [-0.2, -0.15) is 0 Å². The van der Waals surface area contributed by atoms with Crippen LogP contribution in [0.4, 0.5) is 5.69 Å². The smallest absolute Gasteiger partial charge is 0.168 e. The number of hydrogen-bond acceptors (Lipinski definition) is 3. The van der Waals surface area contributed by atoms with Gasteiger partial charge in [0, 0.05) is 24.2 Å². The molecule has 1 heterocycles. The minimum atomic E-state index is 0.481. The summed E-state index contributed by atoms with van der Waals surface area (Å²) >= 11 is 0. The maximum atomic E-state index is 10.7. The molecule has 2 aromatic rings. The van der Waals surface area contributed by atoms with Crippen molar-refractivity contribution in [1.29, 1.82) is 0 Å². The van der Waals surface area contributed by atoms with Crippen LogP contribution in [-0.4, -0.2) is 24.4 Å². The normalized spacial score (nSPS) is 10.5. The number of carbonyl (C=O) groups excluding carboxylic acids is 1. The molecule has 0 amide bonds. The van der Waals surface area contributed by atoms with E-state index in [1.807, 2.05) is 18.2 Å². The van der Waals surface area contributed by atoms with Crippen LogP contribution in [0.25, 0.3) is 10.9 Å². The SMILES string of the molecule is CCN(CC)c1ccc2ccc(C=O)nc2c1. The van der Waals surface area contributed by atoms with Crippen LogP contribution in [0.3, 0.4) is 0 Å². The Balaban J connectivity index is 2.51. The second-order valence-electron chi connectivity index (χ2n) is 3.90. The summed E-state index contributed by atoms with van der Waals surface area (Å²) in [4.78, 5) is 17.3. The lowest BCUT2D eigenvalue weighted by Gasteiger charge is -2.21. The number of carbonyl (C=O) groups is 1. The highest BCUT2D eigenvalue weighted by Crippen LogP contribution is 2.20. The Morgan fingerprint density at radius 3 is 2.53 bits per heavy atom. The molecular weight excluding hydrogens is 212 g/mol. The molecule has 0 aliphatic heterocycles. The Morgan fingerprint density at radius 1 is 1.18 bits per heavy atom. The van der Waals surface area contributed by atoms with Crippen molar-refractivity contribution in [3.8, 4) is 0 Å². The average Bonchev–Trinajstić information content (AvgIpc) is 2.39. The third-order valence-corrected chi connectivity index (χ3v) is 2.95. The van der Waals surface area contributed by atoms with Gasteiger partial charge in [0.2, 0.25) is 0 Å². The van der Waals surface area contributed by atoms with Crippen LogP contribution in [0.15, 0.2) is 30.3 Å². The second-order valence-corrected chi connectivity index (χ2v) is 3.90. The largest absolute Gasteiger partial charge is 0.372 e. The summed E-state index contributed by atoms with van der Waals surface area (Å²) in [5.41, 5.74) is 2.51. The van der Waals surface area contributed by atoms with Crippen molar-refractivity contribution in [3.63, 3.8) is 0 Å². The van der Waals surface area contributed by atoms with E-state index in [0.717, 1.165) is 36.0 Å². The number of fused-ring (bicyclic) bond motifs is 1. The predicted molar refractivity (Wildman–Crippen MR) is 70.7 cm³/mol. The highest BCUT2D eigenvalue weighted by Gasteiger charge is 2.04. The number of nitrogens with zero attached hydrogens (tertiary/aromatic N) is 2. The Bertz CT molecular complexity index is 533. The van der Waals surface area contributed by atoms with Crippen LogP contribution < -0.4 is 4.90 Å². The Labute approximate surface area is 101 Å². The van der Waals surface area contributed by atoms with Crippen molar-refractivity contribution in [1.82, 2.24) is 4.98 Å². The molecule has 0 atom stereocenters. The molecule has 0 saturated heterocycles. The molecule has 0 N–H and O–H groups in total. The number of benzene rings is 1.